The van der Waals surface area contributed by atoms with Gasteiger partial charge in [-0.15, -0.1) is 5.10 Å². The third-order valence-electron chi connectivity index (χ3n) is 2.97. The van der Waals surface area contributed by atoms with Crippen LogP contribution >= 0.6 is 0 Å². The number of hydrogen-bond acceptors (Lipinski definition) is 3. The van der Waals surface area contributed by atoms with E-state index in [1.165, 1.54) is 6.07 Å². The molecule has 0 bridgehead atoms. The van der Waals surface area contributed by atoms with Crippen LogP contribution in [0.4, 0.5) is 4.39 Å². The number of aromatic nitrogens is 3. The minimum atomic E-state index is -1.16. The Labute approximate surface area is 105 Å². The second-order valence-electron chi connectivity index (χ2n) is 4.80. The standard InChI is InChI=1S/C13H16FN3O/c1-9-4-5-10(6-12(9)14)13(2,18)7-11-8-17(3)16-15-11/h4-6,8,18H,7H2,1-3H3. The van der Waals surface area contributed by atoms with Crippen LogP contribution in [0.15, 0.2) is 24.4 Å². The van der Waals surface area contributed by atoms with E-state index in [4.69, 9.17) is 0 Å². The van der Waals surface area contributed by atoms with Crippen LogP contribution in [0.5, 0.6) is 0 Å². The largest absolute Gasteiger partial charge is 0.385 e. The van der Waals surface area contributed by atoms with E-state index in [1.54, 1.807) is 43.9 Å². The molecule has 0 aliphatic rings. The zero-order valence-corrected chi connectivity index (χ0v) is 10.7. The summed E-state index contributed by atoms with van der Waals surface area (Å²) in [4.78, 5) is 0. The number of rotatable bonds is 3. The van der Waals surface area contributed by atoms with Crippen molar-refractivity contribution in [3.63, 3.8) is 0 Å². The maximum absolute atomic E-state index is 13.5. The smallest absolute Gasteiger partial charge is 0.126 e. The molecule has 5 heteroatoms. The van der Waals surface area contributed by atoms with Gasteiger partial charge in [0.2, 0.25) is 0 Å². The molecule has 2 aromatic rings. The number of benzene rings is 1. The fraction of sp³-hybridized carbons (Fsp3) is 0.385. The summed E-state index contributed by atoms with van der Waals surface area (Å²) >= 11 is 0. The van der Waals surface area contributed by atoms with Gasteiger partial charge in [-0.05, 0) is 31.0 Å². The third-order valence-corrected chi connectivity index (χ3v) is 2.97. The van der Waals surface area contributed by atoms with E-state index in [-0.39, 0.29) is 5.82 Å². The first-order chi connectivity index (χ1) is 8.38. The number of aliphatic hydroxyl groups is 1. The van der Waals surface area contributed by atoms with Gasteiger partial charge in [-0.3, -0.25) is 4.68 Å². The molecule has 0 saturated carbocycles. The predicted octanol–water partition coefficient (Wildman–Crippen LogP) is 1.71. The SMILES string of the molecule is Cc1ccc(C(C)(O)Cc2cn(C)nn2)cc1F. The third kappa shape index (κ3) is 2.56. The minimum absolute atomic E-state index is 0.295. The Bertz CT molecular complexity index is 563. The van der Waals surface area contributed by atoms with Crippen LogP contribution in [0.2, 0.25) is 0 Å². The lowest BCUT2D eigenvalue weighted by molar-refractivity contribution is 0.0562. The average molecular weight is 249 g/mol. The van der Waals surface area contributed by atoms with E-state index in [1.807, 2.05) is 0 Å². The minimum Gasteiger partial charge on any atom is -0.385 e. The Hall–Kier alpha value is -1.75. The van der Waals surface area contributed by atoms with Crippen molar-refractivity contribution in [3.8, 4) is 0 Å². The van der Waals surface area contributed by atoms with Crippen molar-refractivity contribution >= 4 is 0 Å². The summed E-state index contributed by atoms with van der Waals surface area (Å²) in [6.07, 6.45) is 2.03. The second kappa shape index (κ2) is 4.49. The van der Waals surface area contributed by atoms with Crippen LogP contribution < -0.4 is 0 Å². The molecule has 4 nitrogen and oxygen atoms in total. The van der Waals surface area contributed by atoms with Gasteiger partial charge >= 0.3 is 0 Å². The van der Waals surface area contributed by atoms with E-state index in [9.17, 15) is 9.50 Å². The van der Waals surface area contributed by atoms with Crippen molar-refractivity contribution in [2.24, 2.45) is 7.05 Å². The van der Waals surface area contributed by atoms with Gasteiger partial charge in [0.05, 0.1) is 11.3 Å². The highest BCUT2D eigenvalue weighted by Crippen LogP contribution is 2.25. The van der Waals surface area contributed by atoms with E-state index >= 15 is 0 Å². The highest BCUT2D eigenvalue weighted by Gasteiger charge is 2.25. The van der Waals surface area contributed by atoms with Crippen molar-refractivity contribution in [1.82, 2.24) is 15.0 Å². The topological polar surface area (TPSA) is 50.9 Å². The Morgan fingerprint density at radius 3 is 2.72 bits per heavy atom. The lowest BCUT2D eigenvalue weighted by Crippen LogP contribution is -2.24. The van der Waals surface area contributed by atoms with Gasteiger partial charge in [0, 0.05) is 19.7 Å². The first kappa shape index (κ1) is 12.7. The lowest BCUT2D eigenvalue weighted by Gasteiger charge is -2.23. The van der Waals surface area contributed by atoms with E-state index in [0.29, 0.717) is 23.2 Å². The molecular weight excluding hydrogens is 233 g/mol. The quantitative estimate of drug-likeness (QED) is 0.901. The molecule has 18 heavy (non-hydrogen) atoms. The number of nitrogens with zero attached hydrogens (tertiary/aromatic N) is 3. The van der Waals surface area contributed by atoms with Gasteiger partial charge in [0.15, 0.2) is 0 Å². The summed E-state index contributed by atoms with van der Waals surface area (Å²) < 4.78 is 15.1. The molecule has 0 aliphatic carbocycles. The Morgan fingerprint density at radius 2 is 2.17 bits per heavy atom. The van der Waals surface area contributed by atoms with Crippen LogP contribution in [0, 0.1) is 12.7 Å². The van der Waals surface area contributed by atoms with E-state index < -0.39 is 5.60 Å². The zero-order valence-electron chi connectivity index (χ0n) is 10.7. The predicted molar refractivity (Wildman–Crippen MR) is 65.4 cm³/mol. The molecule has 1 unspecified atom stereocenters. The van der Waals surface area contributed by atoms with E-state index in [0.717, 1.165) is 0 Å². The van der Waals surface area contributed by atoms with Crippen molar-refractivity contribution in [1.29, 1.82) is 0 Å². The summed E-state index contributed by atoms with van der Waals surface area (Å²) in [5.41, 5.74) is 0.610. The first-order valence-electron chi connectivity index (χ1n) is 5.73. The van der Waals surface area contributed by atoms with Crippen LogP contribution in [0.3, 0.4) is 0 Å². The molecular formula is C13H16FN3O. The van der Waals surface area contributed by atoms with E-state index in [2.05, 4.69) is 10.3 Å². The van der Waals surface area contributed by atoms with Gasteiger partial charge < -0.3 is 5.11 Å². The summed E-state index contributed by atoms with van der Waals surface area (Å²) in [5.74, 6) is -0.313. The number of aryl methyl sites for hydroxylation is 2. The number of hydrogen-bond donors (Lipinski definition) is 1. The maximum atomic E-state index is 13.5. The molecule has 1 atom stereocenters. The summed E-state index contributed by atoms with van der Waals surface area (Å²) in [6.45, 7) is 3.34. The van der Waals surface area contributed by atoms with Gasteiger partial charge in [0.25, 0.3) is 0 Å². The maximum Gasteiger partial charge on any atom is 0.126 e. The molecule has 96 valence electrons. The van der Waals surface area contributed by atoms with Gasteiger partial charge in [-0.2, -0.15) is 0 Å². The van der Waals surface area contributed by atoms with Crippen molar-refractivity contribution < 1.29 is 9.50 Å². The van der Waals surface area contributed by atoms with Crippen LogP contribution in [-0.2, 0) is 19.1 Å². The molecule has 0 radical (unpaired) electrons. The lowest BCUT2D eigenvalue weighted by atomic mass is 9.90. The molecule has 0 spiro atoms. The molecule has 0 aliphatic heterocycles. The molecule has 0 fully saturated rings. The van der Waals surface area contributed by atoms with Crippen molar-refractivity contribution in [2.75, 3.05) is 0 Å². The molecule has 1 N–H and O–H groups in total. The average Bonchev–Trinajstić information content (AvgIpc) is 2.67. The fourth-order valence-electron chi connectivity index (χ4n) is 1.86. The molecule has 0 saturated heterocycles. The highest BCUT2D eigenvalue weighted by atomic mass is 19.1. The van der Waals surface area contributed by atoms with Gasteiger partial charge in [0.1, 0.15) is 5.82 Å². The summed E-state index contributed by atoms with van der Waals surface area (Å²) in [6, 6.07) is 4.76. The highest BCUT2D eigenvalue weighted by molar-refractivity contribution is 5.28. The van der Waals surface area contributed by atoms with Gasteiger partial charge in [-0.1, -0.05) is 17.3 Å². The Kier molecular flexibility index (Phi) is 3.17. The molecule has 1 aromatic carbocycles. The fourth-order valence-corrected chi connectivity index (χ4v) is 1.86. The van der Waals surface area contributed by atoms with Gasteiger partial charge in [-0.25, -0.2) is 4.39 Å². The van der Waals surface area contributed by atoms with Crippen LogP contribution in [0.1, 0.15) is 23.7 Å². The van der Waals surface area contributed by atoms with Crippen LogP contribution in [-0.4, -0.2) is 20.1 Å². The van der Waals surface area contributed by atoms with Crippen molar-refractivity contribution in [3.05, 3.63) is 47.0 Å². The monoisotopic (exact) mass is 249 g/mol. The molecule has 2 rings (SSSR count). The first-order valence-corrected chi connectivity index (χ1v) is 5.73. The Morgan fingerprint density at radius 1 is 1.44 bits per heavy atom. The van der Waals surface area contributed by atoms with Crippen LogP contribution in [0.25, 0.3) is 0 Å². The summed E-state index contributed by atoms with van der Waals surface area (Å²) in [7, 11) is 1.76. The number of halogens is 1. The Balaban J connectivity index is 2.26. The van der Waals surface area contributed by atoms with Crippen molar-refractivity contribution in [2.45, 2.75) is 25.9 Å². The summed E-state index contributed by atoms with van der Waals surface area (Å²) in [5, 5.41) is 18.2. The molecule has 0 amide bonds. The molecule has 1 aromatic heterocycles. The zero-order chi connectivity index (χ0) is 13.3. The normalized spacial score (nSPS) is 14.5. The second-order valence-corrected chi connectivity index (χ2v) is 4.80. The molecule has 1 heterocycles.